The fraction of sp³-hybridized carbons (Fsp3) is 0.727. The smallest absolute Gasteiger partial charge is 0.220 e. The summed E-state index contributed by atoms with van der Waals surface area (Å²) in [6.45, 7) is 5.42. The van der Waals surface area contributed by atoms with Crippen molar-refractivity contribution >= 4 is 23.3 Å². The number of carbonyl (C=O) groups excluding carboxylic acids is 1. The van der Waals surface area contributed by atoms with E-state index in [1.807, 2.05) is 7.05 Å². The molecule has 1 aromatic heterocycles. The van der Waals surface area contributed by atoms with Gasteiger partial charge in [-0.15, -0.1) is 11.3 Å². The molecule has 27 heavy (non-hydrogen) atoms. The molecular weight excluding hydrogens is 354 g/mol. The first kappa shape index (κ1) is 20.5. The number of amides is 1. The summed E-state index contributed by atoms with van der Waals surface area (Å²) < 4.78 is 0. The molecule has 5 heteroatoms. The normalized spacial score (nSPS) is 21.3. The third-order valence-electron chi connectivity index (χ3n) is 6.11. The number of nitrogens with zero attached hydrogens (tertiary/aromatic N) is 1. The largest absolute Gasteiger partial charge is 0.352 e. The second kappa shape index (κ2) is 9.83. The molecule has 1 amide bonds. The molecule has 2 N–H and O–H groups in total. The highest BCUT2D eigenvalue weighted by Gasteiger charge is 2.25. The SMILES string of the molecule is CNCC(NC(=O)CCc1nc2c(s1)CC(C(C)C)C=C2)C1CCCCC1. The lowest BCUT2D eigenvalue weighted by molar-refractivity contribution is -0.122. The van der Waals surface area contributed by atoms with Gasteiger partial charge < -0.3 is 10.6 Å². The minimum atomic E-state index is 0.171. The zero-order valence-corrected chi connectivity index (χ0v) is 17.9. The predicted molar refractivity (Wildman–Crippen MR) is 114 cm³/mol. The van der Waals surface area contributed by atoms with Crippen LogP contribution in [0.25, 0.3) is 6.08 Å². The Hall–Kier alpha value is -1.20. The van der Waals surface area contributed by atoms with Gasteiger partial charge in [0.15, 0.2) is 0 Å². The molecule has 3 rings (SSSR count). The van der Waals surface area contributed by atoms with Crippen LogP contribution in [0.3, 0.4) is 0 Å². The highest BCUT2D eigenvalue weighted by atomic mass is 32.1. The van der Waals surface area contributed by atoms with Crippen LogP contribution in [0.1, 0.15) is 68.0 Å². The lowest BCUT2D eigenvalue weighted by Crippen LogP contribution is -2.46. The molecule has 2 aliphatic rings. The number of thiazole rings is 1. The molecule has 1 heterocycles. The molecule has 2 atom stereocenters. The number of likely N-dealkylation sites (N-methyl/N-ethyl adjacent to an activating group) is 1. The Balaban J connectivity index is 1.51. The Morgan fingerprint density at radius 3 is 2.78 bits per heavy atom. The van der Waals surface area contributed by atoms with Gasteiger partial charge >= 0.3 is 0 Å². The molecule has 1 fully saturated rings. The van der Waals surface area contributed by atoms with Gasteiger partial charge in [0.05, 0.1) is 10.7 Å². The molecule has 4 nitrogen and oxygen atoms in total. The molecular formula is C22H35N3OS. The molecule has 0 aromatic carbocycles. The van der Waals surface area contributed by atoms with E-state index in [1.165, 1.54) is 37.0 Å². The van der Waals surface area contributed by atoms with Crippen molar-refractivity contribution in [3.63, 3.8) is 0 Å². The average Bonchev–Trinajstić information content (AvgIpc) is 3.09. The van der Waals surface area contributed by atoms with Gasteiger partial charge in [0.25, 0.3) is 0 Å². The number of nitrogens with one attached hydrogen (secondary N) is 2. The molecule has 0 radical (unpaired) electrons. The molecule has 1 aromatic rings. The van der Waals surface area contributed by atoms with E-state index in [0.717, 1.165) is 30.1 Å². The zero-order chi connectivity index (χ0) is 19.2. The van der Waals surface area contributed by atoms with Crippen molar-refractivity contribution in [2.24, 2.45) is 17.8 Å². The quantitative estimate of drug-likeness (QED) is 0.700. The van der Waals surface area contributed by atoms with E-state index in [0.29, 0.717) is 24.2 Å². The van der Waals surface area contributed by atoms with Crippen molar-refractivity contribution < 1.29 is 4.79 Å². The fourth-order valence-electron chi connectivity index (χ4n) is 4.34. The van der Waals surface area contributed by atoms with Crippen LogP contribution >= 0.6 is 11.3 Å². The molecule has 150 valence electrons. The Morgan fingerprint density at radius 2 is 2.07 bits per heavy atom. The summed E-state index contributed by atoms with van der Waals surface area (Å²) in [5.41, 5.74) is 1.13. The van der Waals surface area contributed by atoms with E-state index >= 15 is 0 Å². The summed E-state index contributed by atoms with van der Waals surface area (Å²) in [5.74, 6) is 2.08. The van der Waals surface area contributed by atoms with E-state index in [9.17, 15) is 4.79 Å². The second-order valence-electron chi connectivity index (χ2n) is 8.52. The van der Waals surface area contributed by atoms with Crippen molar-refractivity contribution in [3.8, 4) is 0 Å². The van der Waals surface area contributed by atoms with Crippen LogP contribution in [0, 0.1) is 17.8 Å². The van der Waals surface area contributed by atoms with Gasteiger partial charge in [0.1, 0.15) is 0 Å². The van der Waals surface area contributed by atoms with Gasteiger partial charge in [-0.1, -0.05) is 39.2 Å². The monoisotopic (exact) mass is 389 g/mol. The molecule has 2 unspecified atom stereocenters. The van der Waals surface area contributed by atoms with Crippen LogP contribution in [0.15, 0.2) is 6.08 Å². The summed E-state index contributed by atoms with van der Waals surface area (Å²) in [6, 6.07) is 0.266. The van der Waals surface area contributed by atoms with Crippen LogP contribution in [-0.4, -0.2) is 30.5 Å². The summed E-state index contributed by atoms with van der Waals surface area (Å²) in [6.07, 6.45) is 13.3. The van der Waals surface area contributed by atoms with Gasteiger partial charge in [0.2, 0.25) is 5.91 Å². The van der Waals surface area contributed by atoms with Gasteiger partial charge in [-0.05, 0) is 50.1 Å². The Labute approximate surface area is 168 Å². The topological polar surface area (TPSA) is 54.0 Å². The van der Waals surface area contributed by atoms with Crippen molar-refractivity contribution in [2.45, 2.75) is 71.3 Å². The summed E-state index contributed by atoms with van der Waals surface area (Å²) >= 11 is 1.80. The summed E-state index contributed by atoms with van der Waals surface area (Å²) in [7, 11) is 1.97. The number of fused-ring (bicyclic) bond motifs is 1. The lowest BCUT2D eigenvalue weighted by atomic mass is 9.83. The van der Waals surface area contributed by atoms with Gasteiger partial charge in [-0.2, -0.15) is 0 Å². The van der Waals surface area contributed by atoms with Crippen LogP contribution < -0.4 is 10.6 Å². The maximum Gasteiger partial charge on any atom is 0.220 e. The van der Waals surface area contributed by atoms with Crippen LogP contribution in [0.4, 0.5) is 0 Å². The first-order valence-electron chi connectivity index (χ1n) is 10.7. The maximum absolute atomic E-state index is 12.6. The van der Waals surface area contributed by atoms with E-state index in [2.05, 4.69) is 36.6 Å². The molecule has 0 spiro atoms. The van der Waals surface area contributed by atoms with Gasteiger partial charge in [0, 0.05) is 30.3 Å². The number of hydrogen-bond donors (Lipinski definition) is 2. The third kappa shape index (κ3) is 5.64. The van der Waals surface area contributed by atoms with E-state index in [4.69, 9.17) is 4.98 Å². The second-order valence-corrected chi connectivity index (χ2v) is 9.69. The van der Waals surface area contributed by atoms with Crippen LogP contribution in [0.5, 0.6) is 0 Å². The standard InChI is InChI=1S/C22H35N3OS/c1-15(2)17-9-10-18-20(13-17)27-22(25-18)12-11-21(26)24-19(14-23-3)16-7-5-4-6-8-16/h9-10,15-17,19,23H,4-8,11-14H2,1-3H3,(H,24,26). The Morgan fingerprint density at radius 1 is 1.30 bits per heavy atom. The number of rotatable bonds is 8. The van der Waals surface area contributed by atoms with Crippen molar-refractivity contribution in [3.05, 3.63) is 21.7 Å². The first-order valence-corrected chi connectivity index (χ1v) is 11.5. The fourth-order valence-corrected chi connectivity index (χ4v) is 5.47. The minimum absolute atomic E-state index is 0.171. The zero-order valence-electron chi connectivity index (χ0n) is 17.1. The lowest BCUT2D eigenvalue weighted by Gasteiger charge is -2.31. The average molecular weight is 390 g/mol. The number of carbonyl (C=O) groups is 1. The number of allylic oxidation sites excluding steroid dienone is 1. The molecule has 0 aliphatic heterocycles. The Kier molecular flexibility index (Phi) is 7.48. The maximum atomic E-state index is 12.6. The van der Waals surface area contributed by atoms with Crippen LogP contribution in [-0.2, 0) is 17.6 Å². The van der Waals surface area contributed by atoms with Gasteiger partial charge in [-0.25, -0.2) is 4.98 Å². The van der Waals surface area contributed by atoms with E-state index in [1.54, 1.807) is 11.3 Å². The Bertz CT molecular complexity index is 646. The molecule has 2 aliphatic carbocycles. The van der Waals surface area contributed by atoms with E-state index < -0.39 is 0 Å². The number of hydrogen-bond acceptors (Lipinski definition) is 4. The molecule has 1 saturated carbocycles. The summed E-state index contributed by atoms with van der Waals surface area (Å²) in [5, 5.41) is 7.66. The first-order chi connectivity index (χ1) is 13.1. The van der Waals surface area contributed by atoms with E-state index in [-0.39, 0.29) is 11.9 Å². The number of aromatic nitrogens is 1. The van der Waals surface area contributed by atoms with Gasteiger partial charge in [-0.3, -0.25) is 4.79 Å². The highest BCUT2D eigenvalue weighted by molar-refractivity contribution is 7.11. The number of aryl methyl sites for hydroxylation is 1. The summed E-state index contributed by atoms with van der Waals surface area (Å²) in [4.78, 5) is 18.7. The van der Waals surface area contributed by atoms with Crippen molar-refractivity contribution in [2.75, 3.05) is 13.6 Å². The van der Waals surface area contributed by atoms with Crippen LogP contribution in [0.2, 0.25) is 0 Å². The minimum Gasteiger partial charge on any atom is -0.352 e. The molecule has 0 saturated heterocycles. The van der Waals surface area contributed by atoms with Crippen molar-refractivity contribution in [1.82, 2.24) is 15.6 Å². The van der Waals surface area contributed by atoms with Crippen molar-refractivity contribution in [1.29, 1.82) is 0 Å². The third-order valence-corrected chi connectivity index (χ3v) is 7.26. The highest BCUT2D eigenvalue weighted by Crippen LogP contribution is 2.32. The molecule has 0 bridgehead atoms. The predicted octanol–water partition coefficient (Wildman–Crippen LogP) is 4.20.